The number of hydrogen-bond acceptors (Lipinski definition) is 5. The zero-order chi connectivity index (χ0) is 15.2. The monoisotopic (exact) mass is 277 g/mol. The minimum absolute atomic E-state index is 0.0217. The van der Waals surface area contributed by atoms with Crippen LogP contribution in [0.4, 0.5) is 11.4 Å². The lowest BCUT2D eigenvalue weighted by Crippen LogP contribution is -2.25. The third-order valence-electron chi connectivity index (χ3n) is 3.06. The van der Waals surface area contributed by atoms with Gasteiger partial charge in [-0.25, -0.2) is 0 Å². The third kappa shape index (κ3) is 4.52. The second-order valence-corrected chi connectivity index (χ2v) is 5.36. The molecule has 0 aliphatic carbocycles. The smallest absolute Gasteiger partial charge is 0.292 e. The van der Waals surface area contributed by atoms with Crippen molar-refractivity contribution in [2.75, 3.05) is 25.6 Å². The zero-order valence-corrected chi connectivity index (χ0v) is 12.0. The molecule has 6 nitrogen and oxygen atoms in total. The van der Waals surface area contributed by atoms with Crippen LogP contribution in [0.25, 0.3) is 0 Å². The summed E-state index contributed by atoms with van der Waals surface area (Å²) in [6, 6.07) is 6.28. The zero-order valence-electron chi connectivity index (χ0n) is 12.0. The molecule has 0 spiro atoms. The number of ether oxygens (including phenoxy) is 1. The number of rotatable bonds is 7. The van der Waals surface area contributed by atoms with Gasteiger partial charge in [-0.1, -0.05) is 13.8 Å². The summed E-state index contributed by atoms with van der Waals surface area (Å²) in [5, 5.41) is 22.9. The Balaban J connectivity index is 2.85. The van der Waals surface area contributed by atoms with E-state index in [9.17, 15) is 10.1 Å². The first-order valence-electron chi connectivity index (χ1n) is 6.31. The number of nitro benzene ring substituents is 1. The van der Waals surface area contributed by atoms with Gasteiger partial charge in [-0.05, 0) is 24.0 Å². The van der Waals surface area contributed by atoms with E-state index in [4.69, 9.17) is 10.00 Å². The summed E-state index contributed by atoms with van der Waals surface area (Å²) in [6.45, 7) is 5.30. The molecule has 0 saturated carbocycles. The van der Waals surface area contributed by atoms with Crippen LogP contribution in [0, 0.1) is 26.9 Å². The summed E-state index contributed by atoms with van der Waals surface area (Å²) in [4.78, 5) is 10.5. The number of hydrogen-bond donors (Lipinski definition) is 1. The van der Waals surface area contributed by atoms with Crippen LogP contribution in [0.2, 0.25) is 0 Å². The van der Waals surface area contributed by atoms with Crippen molar-refractivity contribution < 1.29 is 9.66 Å². The fourth-order valence-corrected chi connectivity index (χ4v) is 1.71. The molecule has 0 aliphatic heterocycles. The SMILES string of the molecule is COCCC(C)(C)CNc1cc(C#N)ccc1[N+](=O)[O-]. The molecule has 1 aromatic rings. The molecule has 20 heavy (non-hydrogen) atoms. The lowest BCUT2D eigenvalue weighted by atomic mass is 9.89. The molecule has 0 unspecified atom stereocenters. The van der Waals surface area contributed by atoms with Crippen LogP contribution < -0.4 is 5.32 Å². The molecule has 6 heteroatoms. The normalized spacial score (nSPS) is 10.9. The van der Waals surface area contributed by atoms with Gasteiger partial charge in [0, 0.05) is 26.3 Å². The molecule has 1 aromatic carbocycles. The van der Waals surface area contributed by atoms with Gasteiger partial charge in [0.2, 0.25) is 0 Å². The molecule has 108 valence electrons. The van der Waals surface area contributed by atoms with Crippen molar-refractivity contribution in [1.29, 1.82) is 5.26 Å². The van der Waals surface area contributed by atoms with E-state index in [1.165, 1.54) is 18.2 Å². The van der Waals surface area contributed by atoms with Crippen molar-refractivity contribution in [3.05, 3.63) is 33.9 Å². The molecule has 1 N–H and O–H groups in total. The number of anilines is 1. The molecule has 0 amide bonds. The van der Waals surface area contributed by atoms with Crippen molar-refractivity contribution in [2.45, 2.75) is 20.3 Å². The van der Waals surface area contributed by atoms with Crippen molar-refractivity contribution in [1.82, 2.24) is 0 Å². The first-order valence-corrected chi connectivity index (χ1v) is 6.31. The van der Waals surface area contributed by atoms with E-state index in [1.807, 2.05) is 6.07 Å². The van der Waals surface area contributed by atoms with Gasteiger partial charge in [-0.15, -0.1) is 0 Å². The van der Waals surface area contributed by atoms with Crippen LogP contribution in [-0.2, 0) is 4.74 Å². The Hall–Kier alpha value is -2.13. The van der Waals surface area contributed by atoms with Crippen LogP contribution in [-0.4, -0.2) is 25.2 Å². The molecule has 0 aliphatic rings. The minimum atomic E-state index is -0.453. The summed E-state index contributed by atoms with van der Waals surface area (Å²) >= 11 is 0. The molecule has 0 saturated heterocycles. The fourth-order valence-electron chi connectivity index (χ4n) is 1.71. The van der Waals surface area contributed by atoms with Crippen LogP contribution in [0.3, 0.4) is 0 Å². The lowest BCUT2D eigenvalue weighted by Gasteiger charge is -2.25. The molecule has 0 aromatic heterocycles. The summed E-state index contributed by atoms with van der Waals surface area (Å²) in [7, 11) is 1.64. The highest BCUT2D eigenvalue weighted by Crippen LogP contribution is 2.28. The van der Waals surface area contributed by atoms with Gasteiger partial charge in [0.15, 0.2) is 0 Å². The number of nitrogens with one attached hydrogen (secondary N) is 1. The Labute approximate surface area is 118 Å². The van der Waals surface area contributed by atoms with E-state index in [0.29, 0.717) is 24.4 Å². The molecule has 0 heterocycles. The minimum Gasteiger partial charge on any atom is -0.385 e. The first-order chi connectivity index (χ1) is 9.39. The van der Waals surface area contributed by atoms with E-state index in [0.717, 1.165) is 6.42 Å². The summed E-state index contributed by atoms with van der Waals surface area (Å²) in [5.74, 6) is 0. The highest BCUT2D eigenvalue weighted by atomic mass is 16.6. The lowest BCUT2D eigenvalue weighted by molar-refractivity contribution is -0.384. The summed E-state index contributed by atoms with van der Waals surface area (Å²) in [5.41, 5.74) is 0.686. The quantitative estimate of drug-likeness (QED) is 0.611. The first kappa shape index (κ1) is 15.9. The Morgan fingerprint density at radius 2 is 2.20 bits per heavy atom. The fraction of sp³-hybridized carbons (Fsp3) is 0.500. The highest BCUT2D eigenvalue weighted by molar-refractivity contribution is 5.64. The van der Waals surface area contributed by atoms with Crippen LogP contribution in [0.5, 0.6) is 0 Å². The molecule has 0 atom stereocenters. The number of nitro groups is 1. The molecular formula is C14H19N3O3. The number of methoxy groups -OCH3 is 1. The van der Waals surface area contributed by atoms with E-state index >= 15 is 0 Å². The Kier molecular flexibility index (Phi) is 5.47. The second kappa shape index (κ2) is 6.87. The molecule has 1 rings (SSSR count). The third-order valence-corrected chi connectivity index (χ3v) is 3.06. The van der Waals surface area contributed by atoms with Crippen LogP contribution in [0.15, 0.2) is 18.2 Å². The highest BCUT2D eigenvalue weighted by Gasteiger charge is 2.20. The predicted molar refractivity (Wildman–Crippen MR) is 76.6 cm³/mol. The standard InChI is InChI=1S/C14H19N3O3/c1-14(2,6-7-20-3)10-16-12-8-11(9-15)4-5-13(12)17(18)19/h4-5,8,16H,6-7,10H2,1-3H3. The Bertz CT molecular complexity index is 521. The topological polar surface area (TPSA) is 88.2 Å². The van der Waals surface area contributed by atoms with E-state index in [2.05, 4.69) is 19.2 Å². The molecular weight excluding hydrogens is 258 g/mol. The largest absolute Gasteiger partial charge is 0.385 e. The van der Waals surface area contributed by atoms with Gasteiger partial charge in [-0.2, -0.15) is 5.26 Å². The van der Waals surface area contributed by atoms with Gasteiger partial charge < -0.3 is 10.1 Å². The van der Waals surface area contributed by atoms with E-state index in [-0.39, 0.29) is 11.1 Å². The summed E-state index contributed by atoms with van der Waals surface area (Å²) < 4.78 is 5.05. The molecule has 0 bridgehead atoms. The maximum Gasteiger partial charge on any atom is 0.292 e. The van der Waals surface area contributed by atoms with Gasteiger partial charge in [0.25, 0.3) is 5.69 Å². The predicted octanol–water partition coefficient (Wildman–Crippen LogP) is 2.94. The Morgan fingerprint density at radius 3 is 2.75 bits per heavy atom. The number of nitriles is 1. The van der Waals surface area contributed by atoms with Crippen molar-refractivity contribution in [2.24, 2.45) is 5.41 Å². The van der Waals surface area contributed by atoms with E-state index < -0.39 is 4.92 Å². The average molecular weight is 277 g/mol. The number of benzene rings is 1. The van der Waals surface area contributed by atoms with Gasteiger partial charge in [-0.3, -0.25) is 10.1 Å². The van der Waals surface area contributed by atoms with Gasteiger partial charge >= 0.3 is 0 Å². The number of nitrogens with zero attached hydrogens (tertiary/aromatic N) is 2. The summed E-state index contributed by atoms with van der Waals surface area (Å²) in [6.07, 6.45) is 0.836. The van der Waals surface area contributed by atoms with Crippen molar-refractivity contribution in [3.8, 4) is 6.07 Å². The van der Waals surface area contributed by atoms with Crippen LogP contribution in [0.1, 0.15) is 25.8 Å². The maximum atomic E-state index is 11.0. The van der Waals surface area contributed by atoms with Crippen molar-refractivity contribution >= 4 is 11.4 Å². The van der Waals surface area contributed by atoms with Crippen LogP contribution >= 0.6 is 0 Å². The van der Waals surface area contributed by atoms with Gasteiger partial charge in [0.1, 0.15) is 5.69 Å². The molecule has 0 radical (unpaired) electrons. The second-order valence-electron chi connectivity index (χ2n) is 5.36. The molecule has 0 fully saturated rings. The van der Waals surface area contributed by atoms with Gasteiger partial charge in [0.05, 0.1) is 16.6 Å². The van der Waals surface area contributed by atoms with E-state index in [1.54, 1.807) is 7.11 Å². The maximum absolute atomic E-state index is 11.0. The average Bonchev–Trinajstić information content (AvgIpc) is 2.42. The Morgan fingerprint density at radius 1 is 1.50 bits per heavy atom. The van der Waals surface area contributed by atoms with Crippen molar-refractivity contribution in [3.63, 3.8) is 0 Å².